The number of hydrogen-bond donors (Lipinski definition) is 0. The summed E-state index contributed by atoms with van der Waals surface area (Å²) < 4.78 is 0. The van der Waals surface area contributed by atoms with Crippen molar-refractivity contribution in [3.05, 3.63) is 24.3 Å². The van der Waals surface area contributed by atoms with Gasteiger partial charge in [0.25, 0.3) is 0 Å². The SMILES string of the molecule is O=C([O-])/C=C/C(=O)[O-].O=C([O-])/C=C/C(=O)[O-].[Si+4]. The van der Waals surface area contributed by atoms with Crippen molar-refractivity contribution < 1.29 is 39.6 Å². The summed E-state index contributed by atoms with van der Waals surface area (Å²) in [6, 6.07) is 0. The van der Waals surface area contributed by atoms with Crippen molar-refractivity contribution in [2.24, 2.45) is 0 Å². The summed E-state index contributed by atoms with van der Waals surface area (Å²) in [4.78, 5) is 37.7. The molecule has 0 spiro atoms. The Kier molecular flexibility index (Phi) is 13.7. The summed E-state index contributed by atoms with van der Waals surface area (Å²) in [7, 11) is 0. The first-order valence-corrected chi connectivity index (χ1v) is 3.45. The van der Waals surface area contributed by atoms with Crippen LogP contribution in [-0.2, 0) is 19.2 Å². The molecule has 0 aromatic carbocycles. The predicted octanol–water partition coefficient (Wildman–Crippen LogP) is -6.30. The molecule has 0 saturated heterocycles. The van der Waals surface area contributed by atoms with Crippen molar-refractivity contribution >= 4 is 34.8 Å². The molecular weight excluding hydrogens is 252 g/mol. The molecule has 0 aliphatic carbocycles. The van der Waals surface area contributed by atoms with Gasteiger partial charge in [0, 0.05) is 0 Å². The molecule has 0 aromatic rings. The zero-order valence-electron chi connectivity index (χ0n) is 8.08. The maximum absolute atomic E-state index is 9.41. The number of carboxylic acid groups (broad SMARTS) is 4. The standard InChI is InChI=1S/2C4H4O4.Si/c2*5-3(6)1-2-4(7)8;/h2*1-2H,(H,5,6)(H,7,8);/q;;+4/p-4/b2*2-1+;. The predicted molar refractivity (Wildman–Crippen MR) is 44.1 cm³/mol. The number of carbonyl (C=O) groups excluding carboxylic acids is 4. The maximum atomic E-state index is 9.41. The van der Waals surface area contributed by atoms with Gasteiger partial charge in [0.05, 0.1) is 23.9 Å². The summed E-state index contributed by atoms with van der Waals surface area (Å²) in [6.45, 7) is 0. The number of carbonyl (C=O) groups is 4. The molecule has 0 radical (unpaired) electrons. The van der Waals surface area contributed by atoms with Gasteiger partial charge in [-0.2, -0.15) is 0 Å². The Morgan fingerprint density at radius 3 is 0.706 bits per heavy atom. The average molecular weight is 256 g/mol. The molecule has 0 atom stereocenters. The minimum Gasteiger partial charge on any atom is -0.545 e. The van der Waals surface area contributed by atoms with Crippen molar-refractivity contribution in [2.45, 2.75) is 0 Å². The van der Waals surface area contributed by atoms with Crippen LogP contribution in [0, 0.1) is 0 Å². The third kappa shape index (κ3) is 31.7. The molecule has 88 valence electrons. The molecule has 0 bridgehead atoms. The monoisotopic (exact) mass is 256 g/mol. The van der Waals surface area contributed by atoms with E-state index in [1.165, 1.54) is 0 Å². The molecular formula is C8H4O8Si. The van der Waals surface area contributed by atoms with E-state index in [4.69, 9.17) is 0 Å². The van der Waals surface area contributed by atoms with Gasteiger partial charge in [-0.05, 0) is 24.3 Å². The molecule has 0 heterocycles. The molecule has 0 aliphatic rings. The quantitative estimate of drug-likeness (QED) is 0.354. The Morgan fingerprint density at radius 1 is 0.529 bits per heavy atom. The first-order valence-electron chi connectivity index (χ1n) is 3.45. The van der Waals surface area contributed by atoms with Gasteiger partial charge in [-0.3, -0.25) is 0 Å². The fourth-order valence-electron chi connectivity index (χ4n) is 0.272. The van der Waals surface area contributed by atoms with Crippen LogP contribution in [0.5, 0.6) is 0 Å². The summed E-state index contributed by atoms with van der Waals surface area (Å²) in [5.41, 5.74) is 0. The van der Waals surface area contributed by atoms with Gasteiger partial charge in [-0.1, -0.05) is 0 Å². The molecule has 0 aliphatic heterocycles. The van der Waals surface area contributed by atoms with Crippen LogP contribution in [0.3, 0.4) is 0 Å². The number of aliphatic carboxylic acids is 4. The smallest absolute Gasteiger partial charge is 0.545 e. The number of rotatable bonds is 4. The first kappa shape index (κ1) is 20.0. The van der Waals surface area contributed by atoms with Crippen molar-refractivity contribution in [3.8, 4) is 0 Å². The van der Waals surface area contributed by atoms with Crippen LogP contribution in [0.4, 0.5) is 0 Å². The van der Waals surface area contributed by atoms with Gasteiger partial charge in [0.15, 0.2) is 0 Å². The van der Waals surface area contributed by atoms with Crippen LogP contribution in [0.1, 0.15) is 0 Å². The second-order valence-corrected chi connectivity index (χ2v) is 1.94. The van der Waals surface area contributed by atoms with Crippen LogP contribution in [-0.4, -0.2) is 34.8 Å². The van der Waals surface area contributed by atoms with E-state index in [2.05, 4.69) is 0 Å². The molecule has 8 nitrogen and oxygen atoms in total. The Hall–Kier alpha value is -2.42. The molecule has 0 aromatic heterocycles. The topological polar surface area (TPSA) is 161 Å². The van der Waals surface area contributed by atoms with Gasteiger partial charge in [0.1, 0.15) is 0 Å². The molecule has 0 rings (SSSR count). The van der Waals surface area contributed by atoms with E-state index in [0.717, 1.165) is 0 Å². The summed E-state index contributed by atoms with van der Waals surface area (Å²) in [5, 5.41) is 37.7. The van der Waals surface area contributed by atoms with Gasteiger partial charge >= 0.3 is 11.0 Å². The van der Waals surface area contributed by atoms with E-state index in [-0.39, 0.29) is 11.0 Å². The normalized spacial score (nSPS) is 8.94. The Labute approximate surface area is 99.5 Å². The number of hydrogen-bond acceptors (Lipinski definition) is 8. The van der Waals surface area contributed by atoms with Gasteiger partial charge < -0.3 is 39.6 Å². The van der Waals surface area contributed by atoms with Crippen LogP contribution in [0.15, 0.2) is 24.3 Å². The maximum Gasteiger partial charge on any atom is 4.00 e. The molecule has 0 unspecified atom stereocenters. The van der Waals surface area contributed by atoms with Gasteiger partial charge in [-0.15, -0.1) is 0 Å². The molecule has 9 heteroatoms. The second kappa shape index (κ2) is 11.7. The van der Waals surface area contributed by atoms with Crippen LogP contribution >= 0.6 is 0 Å². The van der Waals surface area contributed by atoms with E-state index in [1.54, 1.807) is 0 Å². The van der Waals surface area contributed by atoms with Crippen molar-refractivity contribution in [3.63, 3.8) is 0 Å². The zero-order valence-corrected chi connectivity index (χ0v) is 9.08. The van der Waals surface area contributed by atoms with Crippen molar-refractivity contribution in [1.82, 2.24) is 0 Å². The van der Waals surface area contributed by atoms with Crippen LogP contribution in [0.25, 0.3) is 0 Å². The summed E-state index contributed by atoms with van der Waals surface area (Å²) in [5.74, 6) is -6.19. The number of carboxylic acids is 4. The second-order valence-electron chi connectivity index (χ2n) is 1.94. The molecule has 17 heavy (non-hydrogen) atoms. The summed E-state index contributed by atoms with van der Waals surface area (Å²) >= 11 is 0. The van der Waals surface area contributed by atoms with E-state index in [0.29, 0.717) is 24.3 Å². The summed E-state index contributed by atoms with van der Waals surface area (Å²) in [6.07, 6.45) is 1.54. The molecule has 0 amide bonds. The van der Waals surface area contributed by atoms with E-state index in [9.17, 15) is 39.6 Å². The Bertz CT molecular complexity index is 277. The average Bonchev–Trinajstić information content (AvgIpc) is 2.12. The molecule has 0 saturated carbocycles. The third-order valence-electron chi connectivity index (χ3n) is 0.711. The molecule has 0 fully saturated rings. The zero-order chi connectivity index (χ0) is 13.1. The van der Waals surface area contributed by atoms with E-state index >= 15 is 0 Å². The first-order chi connectivity index (χ1) is 7.25. The van der Waals surface area contributed by atoms with Crippen molar-refractivity contribution in [2.75, 3.05) is 0 Å². The largest absolute Gasteiger partial charge is 4.00 e. The van der Waals surface area contributed by atoms with E-state index in [1.807, 2.05) is 0 Å². The van der Waals surface area contributed by atoms with Crippen molar-refractivity contribution in [1.29, 1.82) is 0 Å². The Morgan fingerprint density at radius 2 is 0.647 bits per heavy atom. The third-order valence-corrected chi connectivity index (χ3v) is 0.711. The van der Waals surface area contributed by atoms with Crippen LogP contribution < -0.4 is 20.4 Å². The fraction of sp³-hybridized carbons (Fsp3) is 0. The minimum absolute atomic E-state index is 0. The Balaban J connectivity index is -0.000000218. The van der Waals surface area contributed by atoms with Gasteiger partial charge in [-0.25, -0.2) is 0 Å². The fourth-order valence-corrected chi connectivity index (χ4v) is 0.272. The minimum atomic E-state index is -1.55. The molecule has 0 N–H and O–H groups in total. The van der Waals surface area contributed by atoms with Crippen LogP contribution in [0.2, 0.25) is 0 Å². The van der Waals surface area contributed by atoms with Gasteiger partial charge in [0.2, 0.25) is 0 Å². The van der Waals surface area contributed by atoms with E-state index < -0.39 is 23.9 Å².